The van der Waals surface area contributed by atoms with Gasteiger partial charge in [0.2, 0.25) is 0 Å². The first kappa shape index (κ1) is 18.6. The largest absolute Gasteiger partial charge is 0.468 e. The van der Waals surface area contributed by atoms with Crippen molar-refractivity contribution in [3.8, 4) is 0 Å². The molecule has 3 rings (SSSR count). The fraction of sp³-hybridized carbons (Fsp3) is 0.227. The van der Waals surface area contributed by atoms with Crippen molar-refractivity contribution in [2.24, 2.45) is 5.92 Å². The first-order valence-electron chi connectivity index (χ1n) is 8.67. The molecule has 1 aliphatic rings. The first-order valence-corrected chi connectivity index (χ1v) is 8.67. The SMILES string of the molecule is COC(=O)C1=C(c2ccccc2)C(=N)C(C(=O)OC)C(c2ccccc2)C1. The Morgan fingerprint density at radius 2 is 1.52 bits per heavy atom. The van der Waals surface area contributed by atoms with Gasteiger partial charge in [-0.2, -0.15) is 0 Å². The molecular formula is C22H21NO4. The Morgan fingerprint density at radius 1 is 0.926 bits per heavy atom. The van der Waals surface area contributed by atoms with Gasteiger partial charge in [-0.1, -0.05) is 60.7 Å². The van der Waals surface area contributed by atoms with Crippen molar-refractivity contribution in [3.63, 3.8) is 0 Å². The normalized spacial score (nSPS) is 19.6. The molecule has 0 radical (unpaired) electrons. The third-order valence-corrected chi connectivity index (χ3v) is 4.89. The Hall–Kier alpha value is -3.21. The summed E-state index contributed by atoms with van der Waals surface area (Å²) in [4.78, 5) is 25.1. The molecule has 0 aliphatic heterocycles. The summed E-state index contributed by atoms with van der Waals surface area (Å²) in [6.45, 7) is 0. The van der Waals surface area contributed by atoms with Gasteiger partial charge < -0.3 is 14.9 Å². The van der Waals surface area contributed by atoms with Gasteiger partial charge in [-0.15, -0.1) is 0 Å². The number of rotatable bonds is 4. The molecule has 0 saturated carbocycles. The Kier molecular flexibility index (Phi) is 5.50. The predicted octanol–water partition coefficient (Wildman–Crippen LogP) is 3.61. The molecule has 0 amide bonds. The van der Waals surface area contributed by atoms with Crippen molar-refractivity contribution in [1.82, 2.24) is 0 Å². The standard InChI is InChI=1S/C22H21NO4/c1-26-21(24)17-13-16(14-9-5-3-6-10-14)19(22(25)27-2)20(23)18(17)15-11-7-4-8-12-15/h3-12,16,19,23H,13H2,1-2H3. The van der Waals surface area contributed by atoms with Crippen LogP contribution in [-0.2, 0) is 19.1 Å². The molecule has 2 atom stereocenters. The minimum absolute atomic E-state index is 0.0774. The smallest absolute Gasteiger partial charge is 0.334 e. The van der Waals surface area contributed by atoms with Crippen molar-refractivity contribution in [1.29, 1.82) is 5.41 Å². The lowest BCUT2D eigenvalue weighted by Crippen LogP contribution is -2.37. The second kappa shape index (κ2) is 7.99. The second-order valence-corrected chi connectivity index (χ2v) is 6.35. The summed E-state index contributed by atoms with van der Waals surface area (Å²) in [6, 6.07) is 18.6. The van der Waals surface area contributed by atoms with Crippen molar-refractivity contribution >= 4 is 23.2 Å². The van der Waals surface area contributed by atoms with Crippen LogP contribution in [0.1, 0.15) is 23.5 Å². The molecule has 2 aromatic carbocycles. The third kappa shape index (κ3) is 3.53. The molecule has 0 spiro atoms. The van der Waals surface area contributed by atoms with E-state index in [2.05, 4.69) is 0 Å². The molecule has 27 heavy (non-hydrogen) atoms. The lowest BCUT2D eigenvalue weighted by atomic mass is 9.70. The fourth-order valence-electron chi connectivity index (χ4n) is 3.62. The molecule has 5 nitrogen and oxygen atoms in total. The van der Waals surface area contributed by atoms with Gasteiger partial charge in [-0.3, -0.25) is 4.79 Å². The van der Waals surface area contributed by atoms with Crippen LogP contribution in [0.2, 0.25) is 0 Å². The Labute approximate surface area is 158 Å². The number of carbonyl (C=O) groups is 2. The van der Waals surface area contributed by atoms with Crippen molar-refractivity contribution < 1.29 is 19.1 Å². The van der Waals surface area contributed by atoms with Crippen LogP contribution in [0.4, 0.5) is 0 Å². The summed E-state index contributed by atoms with van der Waals surface area (Å²) in [5.41, 5.74) is 2.52. The molecule has 2 unspecified atom stereocenters. The van der Waals surface area contributed by atoms with E-state index in [-0.39, 0.29) is 11.6 Å². The van der Waals surface area contributed by atoms with E-state index in [0.29, 0.717) is 23.1 Å². The van der Waals surface area contributed by atoms with Gasteiger partial charge in [0.25, 0.3) is 0 Å². The van der Waals surface area contributed by atoms with Crippen LogP contribution in [0.15, 0.2) is 66.2 Å². The van der Waals surface area contributed by atoms with E-state index in [1.807, 2.05) is 60.7 Å². The van der Waals surface area contributed by atoms with E-state index in [4.69, 9.17) is 14.9 Å². The van der Waals surface area contributed by atoms with E-state index < -0.39 is 17.9 Å². The van der Waals surface area contributed by atoms with Crippen molar-refractivity contribution in [3.05, 3.63) is 77.4 Å². The number of benzene rings is 2. The molecule has 1 aliphatic carbocycles. The zero-order valence-electron chi connectivity index (χ0n) is 15.3. The second-order valence-electron chi connectivity index (χ2n) is 6.35. The average Bonchev–Trinajstić information content (AvgIpc) is 2.73. The molecule has 0 aromatic heterocycles. The highest BCUT2D eigenvalue weighted by molar-refractivity contribution is 6.33. The average molecular weight is 363 g/mol. The number of esters is 2. The van der Waals surface area contributed by atoms with Gasteiger partial charge in [-0.25, -0.2) is 4.79 Å². The molecule has 5 heteroatoms. The lowest BCUT2D eigenvalue weighted by Gasteiger charge is -2.33. The topological polar surface area (TPSA) is 76.5 Å². The monoisotopic (exact) mass is 363 g/mol. The Morgan fingerprint density at radius 3 is 2.07 bits per heavy atom. The fourth-order valence-corrected chi connectivity index (χ4v) is 3.62. The molecule has 2 aromatic rings. The Bertz CT molecular complexity index is 887. The van der Waals surface area contributed by atoms with Crippen LogP contribution >= 0.6 is 0 Å². The van der Waals surface area contributed by atoms with Gasteiger partial charge in [0.05, 0.1) is 19.9 Å². The number of nitrogens with one attached hydrogen (secondary N) is 1. The maximum absolute atomic E-state index is 12.6. The summed E-state index contributed by atoms with van der Waals surface area (Å²) < 4.78 is 9.99. The molecule has 138 valence electrons. The van der Waals surface area contributed by atoms with Crippen LogP contribution in [-0.4, -0.2) is 31.9 Å². The zero-order valence-corrected chi connectivity index (χ0v) is 15.3. The van der Waals surface area contributed by atoms with E-state index in [1.165, 1.54) is 14.2 Å². The maximum Gasteiger partial charge on any atom is 0.334 e. The number of carbonyl (C=O) groups excluding carboxylic acids is 2. The molecular weight excluding hydrogens is 342 g/mol. The van der Waals surface area contributed by atoms with Gasteiger partial charge in [0.1, 0.15) is 5.92 Å². The van der Waals surface area contributed by atoms with Gasteiger partial charge >= 0.3 is 11.9 Å². The third-order valence-electron chi connectivity index (χ3n) is 4.89. The van der Waals surface area contributed by atoms with Crippen LogP contribution in [0, 0.1) is 11.3 Å². The minimum Gasteiger partial charge on any atom is -0.468 e. The Balaban J connectivity index is 2.20. The molecule has 1 N–H and O–H groups in total. The number of allylic oxidation sites excluding steroid dienone is 1. The zero-order chi connectivity index (χ0) is 19.4. The number of methoxy groups -OCH3 is 2. The van der Waals surface area contributed by atoms with E-state index in [1.54, 1.807) is 0 Å². The van der Waals surface area contributed by atoms with Crippen LogP contribution in [0.25, 0.3) is 5.57 Å². The van der Waals surface area contributed by atoms with Gasteiger partial charge in [-0.05, 0) is 17.5 Å². The maximum atomic E-state index is 12.6. The summed E-state index contributed by atoms with van der Waals surface area (Å²) >= 11 is 0. The number of hydrogen-bond acceptors (Lipinski definition) is 5. The van der Waals surface area contributed by atoms with Crippen molar-refractivity contribution in [2.45, 2.75) is 12.3 Å². The van der Waals surface area contributed by atoms with Crippen LogP contribution < -0.4 is 0 Å². The molecule has 0 fully saturated rings. The van der Waals surface area contributed by atoms with Crippen molar-refractivity contribution in [2.75, 3.05) is 14.2 Å². The quantitative estimate of drug-likeness (QED) is 0.842. The van der Waals surface area contributed by atoms with E-state index in [0.717, 1.165) is 5.56 Å². The lowest BCUT2D eigenvalue weighted by molar-refractivity contribution is -0.144. The molecule has 0 saturated heterocycles. The number of ether oxygens (including phenoxy) is 2. The van der Waals surface area contributed by atoms with Crippen LogP contribution in [0.3, 0.4) is 0 Å². The highest BCUT2D eigenvalue weighted by Gasteiger charge is 2.43. The number of hydrogen-bond donors (Lipinski definition) is 1. The van der Waals surface area contributed by atoms with Gasteiger partial charge in [0, 0.05) is 17.1 Å². The summed E-state index contributed by atoms with van der Waals surface area (Å²) in [6.07, 6.45) is 0.295. The first-order chi connectivity index (χ1) is 13.1. The van der Waals surface area contributed by atoms with E-state index in [9.17, 15) is 9.59 Å². The van der Waals surface area contributed by atoms with Crippen LogP contribution in [0.5, 0.6) is 0 Å². The highest BCUT2D eigenvalue weighted by atomic mass is 16.5. The van der Waals surface area contributed by atoms with E-state index >= 15 is 0 Å². The molecule has 0 bridgehead atoms. The summed E-state index contributed by atoms with van der Waals surface area (Å²) in [5, 5.41) is 8.79. The molecule has 0 heterocycles. The van der Waals surface area contributed by atoms with Gasteiger partial charge in [0.15, 0.2) is 0 Å². The summed E-state index contributed by atoms with van der Waals surface area (Å²) in [5.74, 6) is -2.12. The minimum atomic E-state index is -0.791. The summed E-state index contributed by atoms with van der Waals surface area (Å²) in [7, 11) is 2.64. The highest BCUT2D eigenvalue weighted by Crippen LogP contribution is 2.43. The predicted molar refractivity (Wildman–Crippen MR) is 102 cm³/mol.